The Morgan fingerprint density at radius 1 is 0.676 bits per heavy atom. The average molecular weight is 537 g/mol. The summed E-state index contributed by atoms with van der Waals surface area (Å²) < 4.78 is 69.9. The molecular weight excluding hydrogens is 511 g/mol. The van der Waals surface area contributed by atoms with Gasteiger partial charge < -0.3 is 0 Å². The number of hydrogen-bond acceptors (Lipinski definition) is 5. The van der Waals surface area contributed by atoms with E-state index in [0.717, 1.165) is 29.8 Å². The summed E-state index contributed by atoms with van der Waals surface area (Å²) in [6.07, 6.45) is -0.693. The van der Waals surface area contributed by atoms with Crippen molar-refractivity contribution in [2.24, 2.45) is 0 Å². The molecule has 0 aliphatic heterocycles. The average Bonchev–Trinajstić information content (AvgIpc) is 2.93. The van der Waals surface area contributed by atoms with Crippen LogP contribution in [0.2, 0.25) is 0 Å². The van der Waals surface area contributed by atoms with E-state index in [2.05, 4.69) is 0 Å². The number of hydrogen-bond donors (Lipinski definition) is 0. The monoisotopic (exact) mass is 536 g/mol. The molecule has 4 rings (SSSR count). The molecule has 0 heterocycles. The SMILES string of the molecule is Cc1ccc(C(CC(=O)c2ccccc2)C(F)(S(=O)(=O)c2ccccc2)S(=O)(=O)c2ccccc2)cc1. The Labute approximate surface area is 216 Å². The smallest absolute Gasteiger partial charge is 0.294 e. The number of Topliss-reactive ketones (excluding diaryl/α,β-unsaturated/α-hetero) is 1. The molecule has 1 unspecified atom stereocenters. The third-order valence-electron chi connectivity index (χ3n) is 6.22. The van der Waals surface area contributed by atoms with E-state index in [0.29, 0.717) is 0 Å². The first-order chi connectivity index (χ1) is 17.6. The number of ketones is 1. The number of benzene rings is 4. The summed E-state index contributed by atoms with van der Waals surface area (Å²) in [5.41, 5.74) is 1.10. The number of aryl methyl sites for hydroxylation is 1. The first-order valence-corrected chi connectivity index (χ1v) is 14.5. The Kier molecular flexibility index (Phi) is 7.43. The highest BCUT2D eigenvalue weighted by Gasteiger charge is 2.63. The molecule has 0 bridgehead atoms. The summed E-state index contributed by atoms with van der Waals surface area (Å²) in [6.45, 7) is 1.79. The highest BCUT2D eigenvalue weighted by atomic mass is 32.3. The van der Waals surface area contributed by atoms with Gasteiger partial charge in [-0.05, 0) is 36.8 Å². The van der Waals surface area contributed by atoms with Crippen molar-refractivity contribution >= 4 is 25.5 Å². The van der Waals surface area contributed by atoms with E-state index < -0.39 is 51.9 Å². The minimum Gasteiger partial charge on any atom is -0.294 e. The summed E-state index contributed by atoms with van der Waals surface area (Å²) in [4.78, 5) is 12.3. The zero-order valence-corrected chi connectivity index (χ0v) is 21.6. The maximum absolute atomic E-state index is 17.7. The second-order valence-corrected chi connectivity index (χ2v) is 13.1. The summed E-state index contributed by atoms with van der Waals surface area (Å²) in [5, 5.41) is 0. The molecule has 190 valence electrons. The zero-order chi connectivity index (χ0) is 26.7. The van der Waals surface area contributed by atoms with Gasteiger partial charge in [-0.25, -0.2) is 21.2 Å². The number of carbonyl (C=O) groups is 1. The summed E-state index contributed by atoms with van der Waals surface area (Å²) in [7, 11) is -10.4. The Balaban J connectivity index is 2.02. The zero-order valence-electron chi connectivity index (χ0n) is 20.0. The molecule has 0 aliphatic carbocycles. The molecule has 0 fully saturated rings. The fourth-order valence-electron chi connectivity index (χ4n) is 4.20. The van der Waals surface area contributed by atoms with Crippen molar-refractivity contribution in [2.45, 2.75) is 33.4 Å². The van der Waals surface area contributed by atoms with Gasteiger partial charge in [0.15, 0.2) is 5.78 Å². The van der Waals surface area contributed by atoms with Crippen LogP contribution in [0.15, 0.2) is 125 Å². The molecule has 0 aliphatic rings. The van der Waals surface area contributed by atoms with Crippen LogP contribution in [0.25, 0.3) is 0 Å². The van der Waals surface area contributed by atoms with Crippen molar-refractivity contribution < 1.29 is 26.0 Å². The minimum atomic E-state index is -5.20. The van der Waals surface area contributed by atoms with E-state index in [1.165, 1.54) is 48.5 Å². The minimum absolute atomic E-state index is 0.0800. The van der Waals surface area contributed by atoms with Crippen LogP contribution in [-0.2, 0) is 19.7 Å². The molecule has 4 aromatic rings. The summed E-state index contributed by atoms with van der Waals surface area (Å²) in [5.74, 6) is -2.45. The van der Waals surface area contributed by atoms with Crippen LogP contribution in [-0.4, -0.2) is 27.0 Å². The van der Waals surface area contributed by atoms with Gasteiger partial charge in [0, 0.05) is 12.0 Å². The van der Waals surface area contributed by atoms with E-state index in [-0.39, 0.29) is 11.1 Å². The lowest BCUT2D eigenvalue weighted by Gasteiger charge is -2.33. The molecule has 0 spiro atoms. The van der Waals surface area contributed by atoms with Crippen LogP contribution in [0.5, 0.6) is 0 Å². The van der Waals surface area contributed by atoms with Gasteiger partial charge in [0.25, 0.3) is 0 Å². The topological polar surface area (TPSA) is 85.3 Å². The van der Waals surface area contributed by atoms with Crippen molar-refractivity contribution in [3.05, 3.63) is 132 Å². The van der Waals surface area contributed by atoms with Gasteiger partial charge in [-0.3, -0.25) is 4.79 Å². The van der Waals surface area contributed by atoms with Crippen LogP contribution in [0.4, 0.5) is 4.39 Å². The van der Waals surface area contributed by atoms with Gasteiger partial charge in [0.05, 0.1) is 15.7 Å². The molecule has 8 heteroatoms. The molecule has 4 aromatic carbocycles. The Morgan fingerprint density at radius 2 is 1.08 bits per heavy atom. The standard InChI is InChI=1S/C29H25FO5S2/c1-22-17-19-23(20-18-22)27(21-28(31)24-11-5-2-6-12-24)29(30,36(32,33)25-13-7-3-8-14-25)37(34,35)26-15-9-4-10-16-26/h2-20,27H,21H2,1H3. The van der Waals surface area contributed by atoms with Crippen molar-refractivity contribution in [2.75, 3.05) is 0 Å². The normalized spacial score (nSPS) is 13.1. The maximum Gasteiger partial charge on any atom is 0.324 e. The highest BCUT2D eigenvalue weighted by molar-refractivity contribution is 8.10. The van der Waals surface area contributed by atoms with Gasteiger partial charge in [-0.15, -0.1) is 0 Å². The second-order valence-electron chi connectivity index (χ2n) is 8.67. The van der Waals surface area contributed by atoms with Crippen LogP contribution >= 0.6 is 0 Å². The number of carbonyl (C=O) groups excluding carboxylic acids is 1. The van der Waals surface area contributed by atoms with E-state index in [1.54, 1.807) is 49.4 Å². The lowest BCUT2D eigenvalue weighted by Crippen LogP contribution is -2.48. The fourth-order valence-corrected chi connectivity index (χ4v) is 8.80. The van der Waals surface area contributed by atoms with Gasteiger partial charge in [0.2, 0.25) is 19.7 Å². The molecule has 0 saturated carbocycles. The van der Waals surface area contributed by atoms with E-state index in [1.807, 2.05) is 0 Å². The van der Waals surface area contributed by atoms with E-state index >= 15 is 4.39 Å². The van der Waals surface area contributed by atoms with Crippen molar-refractivity contribution in [3.63, 3.8) is 0 Å². The molecule has 0 saturated heterocycles. The lowest BCUT2D eigenvalue weighted by atomic mass is 9.91. The molecule has 0 aromatic heterocycles. The fraction of sp³-hybridized carbons (Fsp3) is 0.138. The molecule has 0 N–H and O–H groups in total. The lowest BCUT2D eigenvalue weighted by molar-refractivity contribution is 0.0960. The third-order valence-corrected chi connectivity index (χ3v) is 11.4. The molecular formula is C29H25FO5S2. The van der Waals surface area contributed by atoms with Gasteiger partial charge in [0.1, 0.15) is 0 Å². The number of rotatable bonds is 9. The largest absolute Gasteiger partial charge is 0.324 e. The van der Waals surface area contributed by atoms with Gasteiger partial charge in [-0.2, -0.15) is 0 Å². The van der Waals surface area contributed by atoms with Crippen LogP contribution in [0.3, 0.4) is 0 Å². The Hall–Kier alpha value is -3.62. The third kappa shape index (κ3) is 4.86. The number of halogens is 1. The summed E-state index contributed by atoms with van der Waals surface area (Å²) in [6, 6.07) is 27.4. The predicted molar refractivity (Wildman–Crippen MR) is 140 cm³/mol. The molecule has 0 radical (unpaired) electrons. The van der Waals surface area contributed by atoms with Gasteiger partial charge in [-0.1, -0.05) is 96.6 Å². The molecule has 5 nitrogen and oxygen atoms in total. The Morgan fingerprint density at radius 3 is 1.51 bits per heavy atom. The van der Waals surface area contributed by atoms with Crippen molar-refractivity contribution in [3.8, 4) is 0 Å². The van der Waals surface area contributed by atoms with Crippen molar-refractivity contribution in [1.29, 1.82) is 0 Å². The first-order valence-electron chi connectivity index (χ1n) is 11.5. The molecule has 37 heavy (non-hydrogen) atoms. The molecule has 0 amide bonds. The number of alkyl halides is 1. The van der Waals surface area contributed by atoms with E-state index in [9.17, 15) is 21.6 Å². The Bertz CT molecular complexity index is 1520. The van der Waals surface area contributed by atoms with Crippen LogP contribution in [0, 0.1) is 6.92 Å². The quantitative estimate of drug-likeness (QED) is 0.248. The maximum atomic E-state index is 17.7. The van der Waals surface area contributed by atoms with Crippen LogP contribution in [0.1, 0.15) is 33.8 Å². The number of sulfone groups is 2. The van der Waals surface area contributed by atoms with Crippen molar-refractivity contribution in [1.82, 2.24) is 0 Å². The molecule has 1 atom stereocenters. The van der Waals surface area contributed by atoms with Gasteiger partial charge >= 0.3 is 4.33 Å². The predicted octanol–water partition coefficient (Wildman–Crippen LogP) is 5.92. The first kappa shape index (κ1) is 26.4. The summed E-state index contributed by atoms with van der Waals surface area (Å²) >= 11 is 0. The van der Waals surface area contributed by atoms with Crippen LogP contribution < -0.4 is 0 Å². The highest BCUT2D eigenvalue weighted by Crippen LogP contribution is 2.49. The van der Waals surface area contributed by atoms with E-state index in [4.69, 9.17) is 0 Å². The second kappa shape index (κ2) is 10.4.